The zero-order chi connectivity index (χ0) is 10.8. The minimum absolute atomic E-state index is 0.175. The van der Waals surface area contributed by atoms with Crippen molar-refractivity contribution in [2.45, 2.75) is 45.3 Å². The van der Waals surface area contributed by atoms with Crippen LogP contribution in [0.3, 0.4) is 0 Å². The molecule has 1 aliphatic carbocycles. The highest BCUT2D eigenvalue weighted by molar-refractivity contribution is 5.52. The van der Waals surface area contributed by atoms with Crippen molar-refractivity contribution in [2.75, 3.05) is 5.32 Å². The molecular weight excluding hydrogens is 186 g/mol. The van der Waals surface area contributed by atoms with Gasteiger partial charge in [0, 0.05) is 5.69 Å². The molecule has 2 nitrogen and oxygen atoms in total. The first-order chi connectivity index (χ1) is 7.16. The maximum Gasteiger partial charge on any atom is 0.0741 e. The second-order valence-corrected chi connectivity index (χ2v) is 4.57. The molecule has 2 N–H and O–H groups in total. The van der Waals surface area contributed by atoms with Crippen molar-refractivity contribution >= 4 is 5.69 Å². The van der Waals surface area contributed by atoms with Crippen LogP contribution in [0.4, 0.5) is 5.69 Å². The number of hydrogen-bond donors (Lipinski definition) is 2. The van der Waals surface area contributed by atoms with Gasteiger partial charge in [-0.25, -0.2) is 0 Å². The van der Waals surface area contributed by atoms with Crippen LogP contribution >= 0.6 is 0 Å². The van der Waals surface area contributed by atoms with E-state index in [1.54, 1.807) is 0 Å². The Morgan fingerprint density at radius 3 is 2.67 bits per heavy atom. The summed E-state index contributed by atoms with van der Waals surface area (Å²) in [5.41, 5.74) is 3.70. The van der Waals surface area contributed by atoms with Crippen LogP contribution in [0.2, 0.25) is 0 Å². The standard InChI is InChI=1S/C13H19NO/c1-9-6-7-11(10(2)8-9)14-12-4-3-5-13(12)15/h6-8,12-15H,3-5H2,1-2H3/t12-,13-/m1/s1. The summed E-state index contributed by atoms with van der Waals surface area (Å²) in [6.07, 6.45) is 2.96. The van der Waals surface area contributed by atoms with Gasteiger partial charge in [0.15, 0.2) is 0 Å². The highest BCUT2D eigenvalue weighted by Gasteiger charge is 2.24. The summed E-state index contributed by atoms with van der Waals surface area (Å²) < 4.78 is 0. The van der Waals surface area contributed by atoms with E-state index in [4.69, 9.17) is 0 Å². The highest BCUT2D eigenvalue weighted by atomic mass is 16.3. The molecule has 0 radical (unpaired) electrons. The third kappa shape index (κ3) is 2.32. The van der Waals surface area contributed by atoms with Crippen LogP contribution in [0.1, 0.15) is 30.4 Å². The highest BCUT2D eigenvalue weighted by Crippen LogP contribution is 2.25. The lowest BCUT2D eigenvalue weighted by Gasteiger charge is -2.19. The molecule has 2 rings (SSSR count). The molecule has 1 aromatic rings. The number of hydrogen-bond acceptors (Lipinski definition) is 2. The van der Waals surface area contributed by atoms with Gasteiger partial charge < -0.3 is 10.4 Å². The maximum atomic E-state index is 9.73. The molecule has 0 aromatic heterocycles. The molecule has 0 bridgehead atoms. The van der Waals surface area contributed by atoms with Crippen LogP contribution in [-0.4, -0.2) is 17.3 Å². The third-order valence-corrected chi connectivity index (χ3v) is 3.20. The van der Waals surface area contributed by atoms with Crippen LogP contribution in [-0.2, 0) is 0 Å². The molecule has 1 saturated carbocycles. The summed E-state index contributed by atoms with van der Waals surface area (Å²) in [6, 6.07) is 6.63. The zero-order valence-corrected chi connectivity index (χ0v) is 9.46. The van der Waals surface area contributed by atoms with E-state index in [0.29, 0.717) is 0 Å². The fraction of sp³-hybridized carbons (Fsp3) is 0.538. The lowest BCUT2D eigenvalue weighted by Crippen LogP contribution is -2.28. The molecule has 1 aromatic carbocycles. The molecule has 1 fully saturated rings. The predicted octanol–water partition coefficient (Wildman–Crippen LogP) is 2.63. The Labute approximate surface area is 91.3 Å². The van der Waals surface area contributed by atoms with Crippen LogP contribution in [0.25, 0.3) is 0 Å². The Morgan fingerprint density at radius 1 is 1.27 bits per heavy atom. The molecule has 0 unspecified atom stereocenters. The van der Waals surface area contributed by atoms with Gasteiger partial charge in [-0.15, -0.1) is 0 Å². The maximum absolute atomic E-state index is 9.73. The van der Waals surface area contributed by atoms with Crippen molar-refractivity contribution in [1.29, 1.82) is 0 Å². The summed E-state index contributed by atoms with van der Waals surface area (Å²) in [5, 5.41) is 13.2. The third-order valence-electron chi connectivity index (χ3n) is 3.20. The second kappa shape index (κ2) is 4.23. The zero-order valence-electron chi connectivity index (χ0n) is 9.46. The molecule has 0 spiro atoms. The van der Waals surface area contributed by atoms with Crippen molar-refractivity contribution in [1.82, 2.24) is 0 Å². The number of aliphatic hydroxyl groups excluding tert-OH is 1. The first-order valence-corrected chi connectivity index (χ1v) is 5.68. The summed E-state index contributed by atoms with van der Waals surface area (Å²) in [7, 11) is 0. The van der Waals surface area contributed by atoms with Gasteiger partial charge in [0.2, 0.25) is 0 Å². The molecule has 82 valence electrons. The first kappa shape index (κ1) is 10.5. The van der Waals surface area contributed by atoms with Crippen molar-refractivity contribution in [3.8, 4) is 0 Å². The molecule has 1 aliphatic rings. The van der Waals surface area contributed by atoms with Gasteiger partial charge in [0.25, 0.3) is 0 Å². The lowest BCUT2D eigenvalue weighted by atomic mass is 10.1. The SMILES string of the molecule is Cc1ccc(N[C@@H]2CCC[C@H]2O)c(C)c1. The first-order valence-electron chi connectivity index (χ1n) is 5.68. The van der Waals surface area contributed by atoms with E-state index in [2.05, 4.69) is 37.4 Å². The molecular formula is C13H19NO. The van der Waals surface area contributed by atoms with Gasteiger partial charge in [0.1, 0.15) is 0 Å². The second-order valence-electron chi connectivity index (χ2n) is 4.57. The number of nitrogens with one attached hydrogen (secondary N) is 1. The average molecular weight is 205 g/mol. The number of rotatable bonds is 2. The van der Waals surface area contributed by atoms with Crippen LogP contribution < -0.4 is 5.32 Å². The molecule has 0 heterocycles. The predicted molar refractivity (Wildman–Crippen MR) is 63.2 cm³/mol. The van der Waals surface area contributed by atoms with Gasteiger partial charge in [-0.05, 0) is 44.7 Å². The van der Waals surface area contributed by atoms with E-state index in [9.17, 15) is 5.11 Å². The van der Waals surface area contributed by atoms with Gasteiger partial charge in [-0.3, -0.25) is 0 Å². The van der Waals surface area contributed by atoms with Crippen LogP contribution in [0.15, 0.2) is 18.2 Å². The Morgan fingerprint density at radius 2 is 2.07 bits per heavy atom. The van der Waals surface area contributed by atoms with Gasteiger partial charge in [-0.1, -0.05) is 17.7 Å². The summed E-state index contributed by atoms with van der Waals surface area (Å²) in [4.78, 5) is 0. The van der Waals surface area contributed by atoms with Crippen LogP contribution in [0.5, 0.6) is 0 Å². The van der Waals surface area contributed by atoms with E-state index in [-0.39, 0.29) is 12.1 Å². The number of aryl methyl sites for hydroxylation is 2. The quantitative estimate of drug-likeness (QED) is 0.778. The molecule has 0 saturated heterocycles. The molecule has 15 heavy (non-hydrogen) atoms. The molecule has 2 heteroatoms. The minimum atomic E-state index is -0.175. The van der Waals surface area contributed by atoms with Gasteiger partial charge in [-0.2, -0.15) is 0 Å². The summed E-state index contributed by atoms with van der Waals surface area (Å²) >= 11 is 0. The largest absolute Gasteiger partial charge is 0.391 e. The van der Waals surface area contributed by atoms with E-state index in [1.807, 2.05) is 0 Å². The normalized spacial score (nSPS) is 25.5. The topological polar surface area (TPSA) is 32.3 Å². The fourth-order valence-corrected chi connectivity index (χ4v) is 2.28. The van der Waals surface area contributed by atoms with Crippen LogP contribution in [0, 0.1) is 13.8 Å². The molecule has 0 aliphatic heterocycles. The summed E-state index contributed by atoms with van der Waals surface area (Å²) in [5.74, 6) is 0. The van der Waals surface area contributed by atoms with E-state index in [1.165, 1.54) is 11.1 Å². The Hall–Kier alpha value is -1.02. The van der Waals surface area contributed by atoms with Crippen molar-refractivity contribution < 1.29 is 5.11 Å². The fourth-order valence-electron chi connectivity index (χ4n) is 2.28. The van der Waals surface area contributed by atoms with Gasteiger partial charge in [0.05, 0.1) is 12.1 Å². The molecule has 0 amide bonds. The van der Waals surface area contributed by atoms with Crippen molar-refractivity contribution in [2.24, 2.45) is 0 Å². The van der Waals surface area contributed by atoms with E-state index in [0.717, 1.165) is 24.9 Å². The van der Waals surface area contributed by atoms with E-state index >= 15 is 0 Å². The lowest BCUT2D eigenvalue weighted by molar-refractivity contribution is 0.172. The van der Waals surface area contributed by atoms with Gasteiger partial charge >= 0.3 is 0 Å². The number of aliphatic hydroxyl groups is 1. The molecule has 2 atom stereocenters. The Balaban J connectivity index is 2.10. The van der Waals surface area contributed by atoms with Crippen molar-refractivity contribution in [3.63, 3.8) is 0 Å². The average Bonchev–Trinajstić information content (AvgIpc) is 2.57. The van der Waals surface area contributed by atoms with E-state index < -0.39 is 0 Å². The smallest absolute Gasteiger partial charge is 0.0741 e. The van der Waals surface area contributed by atoms with Crippen molar-refractivity contribution in [3.05, 3.63) is 29.3 Å². The number of anilines is 1. The summed E-state index contributed by atoms with van der Waals surface area (Å²) in [6.45, 7) is 4.21. The monoisotopic (exact) mass is 205 g/mol. The Bertz CT molecular complexity index is 348. The Kier molecular flexibility index (Phi) is 2.96. The number of benzene rings is 1. The minimum Gasteiger partial charge on any atom is -0.391 e.